The minimum absolute atomic E-state index is 0.160. The molecular weight excluding hydrogens is 416 g/mol. The number of hydrogen-bond acceptors (Lipinski definition) is 5. The molecule has 0 spiro atoms. The number of ether oxygens (including phenoxy) is 1. The highest BCUT2D eigenvalue weighted by Gasteiger charge is 2.18. The second-order valence-electron chi connectivity index (χ2n) is 7.19. The van der Waals surface area contributed by atoms with E-state index in [1.54, 1.807) is 25.1 Å². The number of fused-ring (bicyclic) bond motifs is 1. The van der Waals surface area contributed by atoms with Crippen LogP contribution in [0.25, 0.3) is 10.8 Å². The van der Waals surface area contributed by atoms with E-state index < -0.39 is 27.8 Å². The van der Waals surface area contributed by atoms with Crippen molar-refractivity contribution in [2.45, 2.75) is 31.3 Å². The minimum Gasteiger partial charge on any atom is -0.481 e. The van der Waals surface area contributed by atoms with E-state index in [2.05, 4.69) is 10.9 Å². The zero-order valence-electron chi connectivity index (χ0n) is 17.3. The second kappa shape index (κ2) is 9.61. The van der Waals surface area contributed by atoms with Crippen LogP contribution in [0.15, 0.2) is 71.6 Å². The van der Waals surface area contributed by atoms with Gasteiger partial charge in [0.15, 0.2) is 15.9 Å². The Labute approximate surface area is 181 Å². The molecule has 0 aliphatic carbocycles. The van der Waals surface area contributed by atoms with Crippen LogP contribution in [0.1, 0.15) is 18.9 Å². The first-order chi connectivity index (χ1) is 14.7. The third-order valence-electron chi connectivity index (χ3n) is 4.71. The molecule has 0 saturated heterocycles. The fourth-order valence-corrected chi connectivity index (χ4v) is 4.12. The molecule has 0 fully saturated rings. The summed E-state index contributed by atoms with van der Waals surface area (Å²) in [6.45, 7) is 3.41. The van der Waals surface area contributed by atoms with Gasteiger partial charge in [-0.3, -0.25) is 20.4 Å². The molecule has 2 N–H and O–H groups in total. The number of amides is 2. The third-order valence-corrected chi connectivity index (χ3v) is 6.44. The average Bonchev–Trinajstić information content (AvgIpc) is 2.76. The van der Waals surface area contributed by atoms with Gasteiger partial charge in [-0.15, -0.1) is 0 Å². The maximum atomic E-state index is 12.3. The van der Waals surface area contributed by atoms with Crippen LogP contribution in [0.4, 0.5) is 0 Å². The predicted molar refractivity (Wildman–Crippen MR) is 118 cm³/mol. The van der Waals surface area contributed by atoms with Gasteiger partial charge in [0.05, 0.1) is 10.6 Å². The Hall–Kier alpha value is -3.39. The Morgan fingerprint density at radius 3 is 2.32 bits per heavy atom. The lowest BCUT2D eigenvalue weighted by Crippen LogP contribution is -2.47. The normalized spacial score (nSPS) is 12.2. The monoisotopic (exact) mass is 440 g/mol. The molecule has 0 heterocycles. The Bertz CT molecular complexity index is 1190. The first-order valence-corrected chi connectivity index (χ1v) is 11.4. The first kappa shape index (κ1) is 22.3. The largest absolute Gasteiger partial charge is 0.481 e. The number of hydrazine groups is 1. The van der Waals surface area contributed by atoms with Crippen LogP contribution >= 0.6 is 0 Å². The maximum absolute atomic E-state index is 12.3. The van der Waals surface area contributed by atoms with Gasteiger partial charge in [-0.25, -0.2) is 8.42 Å². The average molecular weight is 441 g/mol. The van der Waals surface area contributed by atoms with Crippen LogP contribution in [0.5, 0.6) is 5.75 Å². The van der Waals surface area contributed by atoms with Crippen LogP contribution in [0.2, 0.25) is 0 Å². The highest BCUT2D eigenvalue weighted by molar-refractivity contribution is 7.91. The van der Waals surface area contributed by atoms with E-state index in [1.807, 2.05) is 43.3 Å². The SMILES string of the molecule is Cc1ccc(S(=O)(=O)CCC(=O)NNC(=O)[C@H](C)Oc2ccc3ccccc3c2)cc1. The lowest BCUT2D eigenvalue weighted by Gasteiger charge is -2.15. The van der Waals surface area contributed by atoms with Crippen molar-refractivity contribution in [3.63, 3.8) is 0 Å². The van der Waals surface area contributed by atoms with Crippen molar-refractivity contribution in [3.05, 3.63) is 72.3 Å². The van der Waals surface area contributed by atoms with Gasteiger partial charge >= 0.3 is 0 Å². The Balaban J connectivity index is 1.47. The zero-order valence-corrected chi connectivity index (χ0v) is 18.1. The van der Waals surface area contributed by atoms with E-state index in [4.69, 9.17) is 4.74 Å². The molecule has 31 heavy (non-hydrogen) atoms. The molecule has 0 saturated carbocycles. The molecule has 0 unspecified atom stereocenters. The van der Waals surface area contributed by atoms with Crippen molar-refractivity contribution in [2.24, 2.45) is 0 Å². The van der Waals surface area contributed by atoms with Crippen molar-refractivity contribution >= 4 is 32.4 Å². The van der Waals surface area contributed by atoms with Crippen molar-refractivity contribution < 1.29 is 22.7 Å². The first-order valence-electron chi connectivity index (χ1n) is 9.78. The van der Waals surface area contributed by atoms with E-state index in [-0.39, 0.29) is 17.1 Å². The summed E-state index contributed by atoms with van der Waals surface area (Å²) in [6.07, 6.45) is -1.14. The number of carbonyl (C=O) groups excluding carboxylic acids is 2. The highest BCUT2D eigenvalue weighted by atomic mass is 32.2. The summed E-state index contributed by atoms with van der Waals surface area (Å²) < 4.78 is 30.2. The van der Waals surface area contributed by atoms with E-state index in [0.717, 1.165) is 16.3 Å². The van der Waals surface area contributed by atoms with E-state index in [0.29, 0.717) is 5.75 Å². The molecule has 0 aromatic heterocycles. The van der Waals surface area contributed by atoms with Crippen molar-refractivity contribution in [1.82, 2.24) is 10.9 Å². The van der Waals surface area contributed by atoms with Gasteiger partial charge in [-0.2, -0.15) is 0 Å². The van der Waals surface area contributed by atoms with Gasteiger partial charge in [0.25, 0.3) is 5.91 Å². The number of carbonyl (C=O) groups is 2. The minimum atomic E-state index is -3.58. The topological polar surface area (TPSA) is 102 Å². The highest BCUT2D eigenvalue weighted by Crippen LogP contribution is 2.21. The summed E-state index contributed by atoms with van der Waals surface area (Å²) in [5.41, 5.74) is 5.44. The van der Waals surface area contributed by atoms with Crippen molar-refractivity contribution in [2.75, 3.05) is 5.75 Å². The van der Waals surface area contributed by atoms with Gasteiger partial charge in [-0.1, -0.05) is 48.0 Å². The Morgan fingerprint density at radius 1 is 0.935 bits per heavy atom. The summed E-state index contributed by atoms with van der Waals surface area (Å²) >= 11 is 0. The van der Waals surface area contributed by atoms with E-state index >= 15 is 0 Å². The quantitative estimate of drug-likeness (QED) is 0.550. The number of nitrogens with one attached hydrogen (secondary N) is 2. The van der Waals surface area contributed by atoms with Crippen molar-refractivity contribution in [3.8, 4) is 5.75 Å². The molecule has 8 heteroatoms. The summed E-state index contributed by atoms with van der Waals surface area (Å²) in [7, 11) is -3.58. The molecule has 7 nitrogen and oxygen atoms in total. The Kier molecular flexibility index (Phi) is 6.91. The third kappa shape index (κ3) is 6.05. The van der Waals surface area contributed by atoms with Gasteiger partial charge in [0, 0.05) is 6.42 Å². The summed E-state index contributed by atoms with van der Waals surface area (Å²) in [4.78, 5) is 24.3. The van der Waals surface area contributed by atoms with Gasteiger partial charge in [0.2, 0.25) is 5.91 Å². The van der Waals surface area contributed by atoms with Crippen molar-refractivity contribution in [1.29, 1.82) is 0 Å². The maximum Gasteiger partial charge on any atom is 0.279 e. The standard InChI is InChI=1S/C23H24N2O5S/c1-16-7-11-21(12-8-16)31(28,29)14-13-22(26)24-25-23(27)17(2)30-20-10-9-18-5-3-4-6-19(18)15-20/h3-12,15,17H,13-14H2,1-2H3,(H,24,26)(H,25,27)/t17-/m0/s1. The summed E-state index contributed by atoms with van der Waals surface area (Å²) in [5.74, 6) is -0.998. The second-order valence-corrected chi connectivity index (χ2v) is 9.30. The molecule has 162 valence electrons. The molecule has 3 aromatic rings. The van der Waals surface area contributed by atoms with E-state index in [9.17, 15) is 18.0 Å². The van der Waals surface area contributed by atoms with Gasteiger partial charge < -0.3 is 4.74 Å². The van der Waals surface area contributed by atoms with Gasteiger partial charge in [0.1, 0.15) is 5.75 Å². The van der Waals surface area contributed by atoms with Crippen LogP contribution < -0.4 is 15.6 Å². The molecule has 2 amide bonds. The Morgan fingerprint density at radius 2 is 1.61 bits per heavy atom. The number of aryl methyl sites for hydroxylation is 1. The smallest absolute Gasteiger partial charge is 0.279 e. The lowest BCUT2D eigenvalue weighted by molar-refractivity contribution is -0.132. The predicted octanol–water partition coefficient (Wildman–Crippen LogP) is 2.93. The fraction of sp³-hybridized carbons (Fsp3) is 0.217. The molecule has 3 aromatic carbocycles. The number of benzene rings is 3. The zero-order chi connectivity index (χ0) is 22.4. The molecule has 1 atom stereocenters. The summed E-state index contributed by atoms with van der Waals surface area (Å²) in [5, 5.41) is 2.04. The molecule has 3 rings (SSSR count). The van der Waals surface area contributed by atoms with Gasteiger partial charge in [-0.05, 0) is 48.9 Å². The molecule has 0 aliphatic rings. The summed E-state index contributed by atoms with van der Waals surface area (Å²) in [6, 6.07) is 19.7. The molecule has 0 aliphatic heterocycles. The van der Waals surface area contributed by atoms with Crippen LogP contribution in [-0.4, -0.2) is 32.1 Å². The number of sulfone groups is 1. The number of hydrogen-bond donors (Lipinski definition) is 2. The molecule has 0 radical (unpaired) electrons. The molecule has 0 bridgehead atoms. The fourth-order valence-electron chi connectivity index (χ4n) is 2.88. The van der Waals surface area contributed by atoms with E-state index in [1.165, 1.54) is 12.1 Å². The number of rotatable bonds is 7. The van der Waals surface area contributed by atoms with Crippen LogP contribution in [0.3, 0.4) is 0 Å². The van der Waals surface area contributed by atoms with Crippen LogP contribution in [0, 0.1) is 6.92 Å². The van der Waals surface area contributed by atoms with Crippen LogP contribution in [-0.2, 0) is 19.4 Å². The lowest BCUT2D eigenvalue weighted by atomic mass is 10.1. The molecular formula is C23H24N2O5S.